The number of hydrogen-bond acceptors (Lipinski definition) is 2. The van der Waals surface area contributed by atoms with E-state index in [9.17, 15) is 14.0 Å². The fraction of sp³-hybridized carbons (Fsp3) is 0.158. The Labute approximate surface area is 153 Å². The predicted octanol–water partition coefficient (Wildman–Crippen LogP) is 4.34. The third-order valence-corrected chi connectivity index (χ3v) is 4.81. The number of fused-ring (bicyclic) bond motifs is 1. The lowest BCUT2D eigenvalue weighted by atomic mass is 10.2. The summed E-state index contributed by atoms with van der Waals surface area (Å²) >= 11 is 6.23. The molecule has 2 N–H and O–H groups in total. The third-order valence-electron chi connectivity index (χ3n) is 4.41. The molecule has 2 amide bonds. The van der Waals surface area contributed by atoms with Crippen molar-refractivity contribution in [1.82, 2.24) is 4.98 Å². The SMILES string of the molecule is O=C(Nc1cccc(N2CCCC2=O)c1)c1[nH]c2ccc(F)cc2c1Cl. The van der Waals surface area contributed by atoms with Gasteiger partial charge in [0.25, 0.3) is 5.91 Å². The van der Waals surface area contributed by atoms with Gasteiger partial charge in [0, 0.05) is 35.2 Å². The summed E-state index contributed by atoms with van der Waals surface area (Å²) in [5.41, 5.74) is 2.04. The van der Waals surface area contributed by atoms with Crippen molar-refractivity contribution in [1.29, 1.82) is 0 Å². The minimum Gasteiger partial charge on any atom is -0.349 e. The van der Waals surface area contributed by atoms with Gasteiger partial charge in [-0.3, -0.25) is 9.59 Å². The number of amides is 2. The van der Waals surface area contributed by atoms with Gasteiger partial charge >= 0.3 is 0 Å². The van der Waals surface area contributed by atoms with Crippen molar-refractivity contribution in [3.05, 3.63) is 59.0 Å². The molecule has 132 valence electrons. The first-order chi connectivity index (χ1) is 12.5. The molecule has 0 aliphatic carbocycles. The van der Waals surface area contributed by atoms with Gasteiger partial charge in [-0.05, 0) is 42.8 Å². The highest BCUT2D eigenvalue weighted by atomic mass is 35.5. The number of aromatic amines is 1. The number of carbonyl (C=O) groups excluding carboxylic acids is 2. The average Bonchev–Trinajstić information content (AvgIpc) is 3.19. The lowest BCUT2D eigenvalue weighted by Crippen LogP contribution is -2.23. The summed E-state index contributed by atoms with van der Waals surface area (Å²) in [6, 6.07) is 11.2. The molecule has 0 radical (unpaired) electrons. The summed E-state index contributed by atoms with van der Waals surface area (Å²) in [5, 5.41) is 3.39. The maximum atomic E-state index is 13.4. The molecule has 7 heteroatoms. The number of carbonyl (C=O) groups is 2. The molecule has 1 saturated heterocycles. The summed E-state index contributed by atoms with van der Waals surface area (Å²) in [7, 11) is 0. The minimum absolute atomic E-state index is 0.0779. The minimum atomic E-state index is -0.434. The van der Waals surface area contributed by atoms with Crippen LogP contribution in [0.4, 0.5) is 15.8 Å². The second-order valence-corrected chi connectivity index (χ2v) is 6.54. The number of anilines is 2. The van der Waals surface area contributed by atoms with Gasteiger partial charge in [0.1, 0.15) is 11.5 Å². The van der Waals surface area contributed by atoms with E-state index in [1.165, 1.54) is 18.2 Å². The van der Waals surface area contributed by atoms with Crippen LogP contribution in [-0.4, -0.2) is 23.3 Å². The van der Waals surface area contributed by atoms with Gasteiger partial charge in [0.15, 0.2) is 0 Å². The van der Waals surface area contributed by atoms with Crippen molar-refractivity contribution < 1.29 is 14.0 Å². The first-order valence-corrected chi connectivity index (χ1v) is 8.59. The number of H-pyrrole nitrogens is 1. The number of halogens is 2. The summed E-state index contributed by atoms with van der Waals surface area (Å²) in [6.45, 7) is 0.676. The molecule has 2 heterocycles. The van der Waals surface area contributed by atoms with E-state index < -0.39 is 11.7 Å². The molecule has 4 rings (SSSR count). The van der Waals surface area contributed by atoms with E-state index in [1.54, 1.807) is 23.1 Å². The topological polar surface area (TPSA) is 65.2 Å². The molecule has 0 atom stereocenters. The van der Waals surface area contributed by atoms with Gasteiger partial charge in [-0.15, -0.1) is 0 Å². The molecule has 3 aromatic rings. The van der Waals surface area contributed by atoms with Gasteiger partial charge in [-0.1, -0.05) is 17.7 Å². The van der Waals surface area contributed by atoms with Crippen LogP contribution >= 0.6 is 11.6 Å². The van der Waals surface area contributed by atoms with Crippen molar-refractivity contribution in [3.8, 4) is 0 Å². The Bertz CT molecular complexity index is 1030. The zero-order valence-electron chi connectivity index (χ0n) is 13.7. The van der Waals surface area contributed by atoms with Crippen molar-refractivity contribution in [3.63, 3.8) is 0 Å². The van der Waals surface area contributed by atoms with Crippen LogP contribution in [0.15, 0.2) is 42.5 Å². The molecule has 1 aliphatic heterocycles. The molecule has 1 aliphatic rings. The monoisotopic (exact) mass is 371 g/mol. The Balaban J connectivity index is 1.61. The number of rotatable bonds is 3. The molecule has 2 aromatic carbocycles. The van der Waals surface area contributed by atoms with Gasteiger partial charge in [-0.2, -0.15) is 0 Å². The number of hydrogen-bond donors (Lipinski definition) is 2. The smallest absolute Gasteiger partial charge is 0.273 e. The first-order valence-electron chi connectivity index (χ1n) is 8.21. The third kappa shape index (κ3) is 2.93. The summed E-state index contributed by atoms with van der Waals surface area (Å²) in [6.07, 6.45) is 1.37. The zero-order valence-corrected chi connectivity index (χ0v) is 14.4. The van der Waals surface area contributed by atoms with Gasteiger partial charge in [0.05, 0.1) is 5.02 Å². The van der Waals surface area contributed by atoms with Crippen LogP contribution in [0.25, 0.3) is 10.9 Å². The van der Waals surface area contributed by atoms with Crippen molar-refractivity contribution in [2.75, 3.05) is 16.8 Å². The largest absolute Gasteiger partial charge is 0.349 e. The van der Waals surface area contributed by atoms with Gasteiger partial charge in [0.2, 0.25) is 5.91 Å². The number of aromatic nitrogens is 1. The Kier molecular flexibility index (Phi) is 4.12. The van der Waals surface area contributed by atoms with Crippen LogP contribution in [0.2, 0.25) is 5.02 Å². The molecule has 0 bridgehead atoms. The second-order valence-electron chi connectivity index (χ2n) is 6.16. The second kappa shape index (κ2) is 6.46. The fourth-order valence-corrected chi connectivity index (χ4v) is 3.44. The molecular weight excluding hydrogens is 357 g/mol. The van der Waals surface area contributed by atoms with Crippen LogP contribution in [0.1, 0.15) is 23.3 Å². The van der Waals surface area contributed by atoms with Crippen molar-refractivity contribution in [2.24, 2.45) is 0 Å². The molecule has 26 heavy (non-hydrogen) atoms. The van der Waals surface area contributed by atoms with E-state index in [-0.39, 0.29) is 16.6 Å². The summed E-state index contributed by atoms with van der Waals surface area (Å²) in [4.78, 5) is 29.1. The Morgan fingerprint density at radius 2 is 2.08 bits per heavy atom. The summed E-state index contributed by atoms with van der Waals surface area (Å²) in [5.74, 6) is -0.779. The number of benzene rings is 2. The maximum absolute atomic E-state index is 13.4. The molecule has 5 nitrogen and oxygen atoms in total. The standard InChI is InChI=1S/C19H15ClFN3O2/c20-17-14-9-11(21)6-7-15(14)23-18(17)19(26)22-12-3-1-4-13(10-12)24-8-2-5-16(24)25/h1,3-4,6-7,9-10,23H,2,5,8H2,(H,22,26). The van der Waals surface area contributed by atoms with E-state index >= 15 is 0 Å². The van der Waals surface area contributed by atoms with Crippen molar-refractivity contribution >= 4 is 45.7 Å². The molecule has 0 unspecified atom stereocenters. The van der Waals surface area contributed by atoms with Crippen LogP contribution < -0.4 is 10.2 Å². The summed E-state index contributed by atoms with van der Waals surface area (Å²) < 4.78 is 13.4. The quantitative estimate of drug-likeness (QED) is 0.719. The first kappa shape index (κ1) is 16.6. The molecule has 0 spiro atoms. The number of nitrogens with zero attached hydrogens (tertiary/aromatic N) is 1. The Morgan fingerprint density at radius 3 is 2.85 bits per heavy atom. The highest BCUT2D eigenvalue weighted by molar-refractivity contribution is 6.39. The molecular formula is C19H15ClFN3O2. The number of nitrogens with one attached hydrogen (secondary N) is 2. The van der Waals surface area contributed by atoms with E-state index in [0.717, 1.165) is 12.1 Å². The Hall–Kier alpha value is -2.86. The predicted molar refractivity (Wildman–Crippen MR) is 99.2 cm³/mol. The highest BCUT2D eigenvalue weighted by Crippen LogP contribution is 2.29. The van der Waals surface area contributed by atoms with Gasteiger partial charge in [-0.25, -0.2) is 4.39 Å². The Morgan fingerprint density at radius 1 is 1.23 bits per heavy atom. The molecule has 1 aromatic heterocycles. The maximum Gasteiger partial charge on any atom is 0.273 e. The molecule has 1 fully saturated rings. The van der Waals surface area contributed by atoms with E-state index in [4.69, 9.17) is 11.6 Å². The van der Waals surface area contributed by atoms with Crippen LogP contribution in [0.5, 0.6) is 0 Å². The zero-order chi connectivity index (χ0) is 18.3. The lowest BCUT2D eigenvalue weighted by molar-refractivity contribution is -0.117. The van der Waals surface area contributed by atoms with Crippen LogP contribution in [-0.2, 0) is 4.79 Å². The fourth-order valence-electron chi connectivity index (χ4n) is 3.15. The molecule has 0 saturated carbocycles. The van der Waals surface area contributed by atoms with E-state index in [1.807, 2.05) is 6.07 Å². The highest BCUT2D eigenvalue weighted by Gasteiger charge is 2.22. The van der Waals surface area contributed by atoms with E-state index in [0.29, 0.717) is 29.6 Å². The lowest BCUT2D eigenvalue weighted by Gasteiger charge is -2.16. The van der Waals surface area contributed by atoms with Crippen LogP contribution in [0, 0.1) is 5.82 Å². The van der Waals surface area contributed by atoms with Crippen molar-refractivity contribution in [2.45, 2.75) is 12.8 Å². The van der Waals surface area contributed by atoms with Crippen LogP contribution in [0.3, 0.4) is 0 Å². The van der Waals surface area contributed by atoms with E-state index in [2.05, 4.69) is 10.3 Å². The van der Waals surface area contributed by atoms with Gasteiger partial charge < -0.3 is 15.2 Å². The average molecular weight is 372 g/mol. The normalized spacial score (nSPS) is 14.2.